The Hall–Kier alpha value is -4.03. The molecule has 2 aliphatic carbocycles. The molecule has 2 heterocycles. The van der Waals surface area contributed by atoms with Crippen molar-refractivity contribution in [3.8, 4) is 0 Å². The number of Topliss-reactive ketones (excluding diaryl/α,β-unsaturated/α-hetero) is 1. The van der Waals surface area contributed by atoms with Crippen molar-refractivity contribution in [2.24, 2.45) is 22.7 Å². The molecule has 0 bridgehead atoms. The largest absolute Gasteiger partial charge is 0.346 e. The Labute approximate surface area is 321 Å². The van der Waals surface area contributed by atoms with Gasteiger partial charge in [0.2, 0.25) is 29.4 Å². The molecule has 2 saturated heterocycles. The fraction of sp³-hybridized carbons (Fsp3) is 0.732. The van der Waals surface area contributed by atoms with Crippen molar-refractivity contribution >= 4 is 41.4 Å². The molecule has 4 N–H and O–H groups in total. The molecule has 0 aromatic rings. The van der Waals surface area contributed by atoms with E-state index in [1.54, 1.807) is 0 Å². The lowest BCUT2D eigenvalue weighted by molar-refractivity contribution is -0.153. The molecule has 2 aliphatic heterocycles. The quantitative estimate of drug-likeness (QED) is 0.116. The van der Waals surface area contributed by atoms with Gasteiger partial charge >= 0.3 is 6.03 Å². The van der Waals surface area contributed by atoms with E-state index in [2.05, 4.69) is 27.8 Å². The van der Waals surface area contributed by atoms with Crippen LogP contribution in [-0.4, -0.2) is 95.0 Å². The van der Waals surface area contributed by atoms with E-state index in [0.29, 0.717) is 12.8 Å². The lowest BCUT2D eigenvalue weighted by atomic mass is 9.80. The number of rotatable bonds is 14. The summed E-state index contributed by atoms with van der Waals surface area (Å²) < 4.78 is 0. The van der Waals surface area contributed by atoms with Gasteiger partial charge in [0.05, 0.1) is 12.1 Å². The molecular weight excluding hydrogens is 688 g/mol. The van der Waals surface area contributed by atoms with E-state index in [1.807, 2.05) is 48.5 Å². The first-order chi connectivity index (χ1) is 25.3. The summed E-state index contributed by atoms with van der Waals surface area (Å²) in [5.74, 6) is -2.92. The van der Waals surface area contributed by atoms with Gasteiger partial charge in [-0.05, 0) is 67.8 Å². The van der Waals surface area contributed by atoms with Crippen molar-refractivity contribution < 1.29 is 33.6 Å². The molecule has 0 aromatic carbocycles. The number of nitrogens with zero attached hydrogens (tertiary/aromatic N) is 2. The van der Waals surface area contributed by atoms with Crippen LogP contribution in [0.2, 0.25) is 0 Å². The number of carbonyl (C=O) groups excluding carboxylic acids is 7. The first kappa shape index (κ1) is 42.7. The average molecular weight is 753 g/mol. The third-order valence-corrected chi connectivity index (χ3v) is 11.7. The Morgan fingerprint density at radius 1 is 0.907 bits per heavy atom. The minimum Gasteiger partial charge on any atom is -0.346 e. The summed E-state index contributed by atoms with van der Waals surface area (Å²) in [6, 6.07) is -4.18. The highest BCUT2D eigenvalue weighted by Crippen LogP contribution is 2.35. The summed E-state index contributed by atoms with van der Waals surface area (Å²) >= 11 is 0. The molecular formula is C41H64N6O7. The molecule has 4 fully saturated rings. The number of hydrogen-bond donors (Lipinski definition) is 4. The van der Waals surface area contributed by atoms with Gasteiger partial charge in [0.25, 0.3) is 5.91 Å². The number of piperidine rings is 1. The van der Waals surface area contributed by atoms with Crippen molar-refractivity contribution in [3.63, 3.8) is 0 Å². The van der Waals surface area contributed by atoms with Gasteiger partial charge in [-0.3, -0.25) is 33.7 Å². The summed E-state index contributed by atoms with van der Waals surface area (Å²) in [7, 11) is 0. The summed E-state index contributed by atoms with van der Waals surface area (Å²) in [5, 5.41) is 11.4. The highest BCUT2D eigenvalue weighted by molar-refractivity contribution is 6.38. The van der Waals surface area contributed by atoms with E-state index >= 15 is 0 Å². The molecule has 0 radical (unpaired) electrons. The number of urea groups is 1. The van der Waals surface area contributed by atoms with E-state index in [4.69, 9.17) is 0 Å². The van der Waals surface area contributed by atoms with E-state index in [1.165, 1.54) is 15.9 Å². The zero-order valence-corrected chi connectivity index (χ0v) is 33.6. The minimum absolute atomic E-state index is 0.0113. The average Bonchev–Trinajstić information content (AvgIpc) is 3.53. The first-order valence-corrected chi connectivity index (χ1v) is 19.9. The van der Waals surface area contributed by atoms with E-state index in [9.17, 15) is 33.6 Å². The van der Waals surface area contributed by atoms with Gasteiger partial charge in [0.15, 0.2) is 0 Å². The molecule has 54 heavy (non-hydrogen) atoms. The smallest absolute Gasteiger partial charge is 0.315 e. The summed E-state index contributed by atoms with van der Waals surface area (Å²) in [5.41, 5.74) is 0.685. The minimum atomic E-state index is -1.04. The Kier molecular flexibility index (Phi) is 14.3. The Balaban J connectivity index is 1.57. The maximum atomic E-state index is 14.7. The Bertz CT molecular complexity index is 1480. The molecule has 13 heteroatoms. The van der Waals surface area contributed by atoms with E-state index in [0.717, 1.165) is 62.5 Å². The fourth-order valence-electron chi connectivity index (χ4n) is 8.21. The van der Waals surface area contributed by atoms with Crippen LogP contribution >= 0.6 is 0 Å². The predicted octanol–water partition coefficient (Wildman–Crippen LogP) is 4.31. The van der Waals surface area contributed by atoms with E-state index in [-0.39, 0.29) is 62.0 Å². The van der Waals surface area contributed by atoms with Crippen LogP contribution in [0.4, 0.5) is 4.79 Å². The number of ketones is 1. The highest BCUT2D eigenvalue weighted by Gasteiger charge is 2.45. The number of likely N-dealkylation sites (tertiary alicyclic amines) is 2. The third kappa shape index (κ3) is 10.8. The molecule has 4 aliphatic rings. The number of carbonyl (C=O) groups is 7. The molecule has 0 aromatic heterocycles. The van der Waals surface area contributed by atoms with Crippen LogP contribution in [0.3, 0.4) is 0 Å². The van der Waals surface area contributed by atoms with Gasteiger partial charge in [-0.15, -0.1) is 6.58 Å². The summed E-state index contributed by atoms with van der Waals surface area (Å²) in [6.45, 7) is 17.3. The molecule has 13 nitrogen and oxygen atoms in total. The van der Waals surface area contributed by atoms with Gasteiger partial charge in [0, 0.05) is 32.5 Å². The van der Waals surface area contributed by atoms with Crippen LogP contribution < -0.4 is 21.3 Å². The standard InChI is InChI=1S/C41H64N6O7/c1-9-19-42-37(52)35(50)29(21-26-14-13-15-26)43-36(51)34-28(25(2)3)18-20-46(34)38(53)33(27-16-11-10-12-17-27)45-39(54)44-30(40(4,5)6)24-47-31(48)22-41(7,8)23-32(47)49/h9,26-27,29-30,33-34H,1,10-24H2,2-8H3,(H,42,52)(H,43,51)(H2,44,45,54)/t29?,30-,33+,34+/m1/s1. The maximum absolute atomic E-state index is 14.7. The van der Waals surface area contributed by atoms with Crippen molar-refractivity contribution in [3.05, 3.63) is 23.8 Å². The van der Waals surface area contributed by atoms with Gasteiger partial charge in [-0.2, -0.15) is 0 Å². The molecule has 4 rings (SSSR count). The molecule has 2 saturated carbocycles. The van der Waals surface area contributed by atoms with Gasteiger partial charge in [-0.1, -0.05) is 84.8 Å². The summed E-state index contributed by atoms with van der Waals surface area (Å²) in [6.07, 6.45) is 9.88. The van der Waals surface area contributed by atoms with Crippen LogP contribution in [-0.2, 0) is 28.8 Å². The zero-order valence-electron chi connectivity index (χ0n) is 33.6. The second-order valence-electron chi connectivity index (χ2n) is 18.0. The maximum Gasteiger partial charge on any atom is 0.315 e. The zero-order chi connectivity index (χ0) is 40.0. The Morgan fingerprint density at radius 2 is 1.54 bits per heavy atom. The number of imide groups is 1. The van der Waals surface area contributed by atoms with Crippen molar-refractivity contribution in [1.29, 1.82) is 0 Å². The van der Waals surface area contributed by atoms with Crippen molar-refractivity contribution in [1.82, 2.24) is 31.1 Å². The molecule has 0 spiro atoms. The van der Waals surface area contributed by atoms with Crippen LogP contribution in [0.1, 0.15) is 126 Å². The third-order valence-electron chi connectivity index (χ3n) is 11.7. The number of nitrogens with one attached hydrogen (secondary N) is 4. The van der Waals surface area contributed by atoms with Crippen LogP contribution in [0.25, 0.3) is 0 Å². The predicted molar refractivity (Wildman–Crippen MR) is 206 cm³/mol. The van der Waals surface area contributed by atoms with Crippen LogP contribution in [0, 0.1) is 22.7 Å². The highest BCUT2D eigenvalue weighted by atomic mass is 16.2. The van der Waals surface area contributed by atoms with E-state index < -0.39 is 58.6 Å². The van der Waals surface area contributed by atoms with Gasteiger partial charge in [-0.25, -0.2) is 4.79 Å². The molecule has 300 valence electrons. The van der Waals surface area contributed by atoms with Crippen molar-refractivity contribution in [2.45, 2.75) is 150 Å². The number of amides is 7. The van der Waals surface area contributed by atoms with Gasteiger partial charge in [0.1, 0.15) is 12.1 Å². The lowest BCUT2D eigenvalue weighted by Gasteiger charge is -2.40. The Morgan fingerprint density at radius 3 is 2.07 bits per heavy atom. The fourth-order valence-corrected chi connectivity index (χ4v) is 8.21. The molecule has 7 amide bonds. The monoisotopic (exact) mass is 752 g/mol. The number of allylic oxidation sites excluding steroid dienone is 1. The van der Waals surface area contributed by atoms with Crippen LogP contribution in [0.15, 0.2) is 23.8 Å². The second-order valence-corrected chi connectivity index (χ2v) is 18.0. The van der Waals surface area contributed by atoms with Crippen LogP contribution in [0.5, 0.6) is 0 Å². The topological polar surface area (TPSA) is 174 Å². The summed E-state index contributed by atoms with van der Waals surface area (Å²) in [4.78, 5) is 97.9. The van der Waals surface area contributed by atoms with Gasteiger partial charge < -0.3 is 26.2 Å². The lowest BCUT2D eigenvalue weighted by Crippen LogP contribution is -2.61. The number of hydrogen-bond acceptors (Lipinski definition) is 7. The SMILES string of the molecule is C=CCNC(=O)C(=O)C(CC1CCC1)NC(=O)[C@@H]1C(=C(C)C)CCN1C(=O)[C@@H](NC(=O)N[C@H](CN1C(=O)CC(C)(C)CC1=O)C(C)(C)C)C1CCCCC1. The molecule has 4 atom stereocenters. The first-order valence-electron chi connectivity index (χ1n) is 19.9. The second kappa shape index (κ2) is 18.1. The normalized spacial score (nSPS) is 22.4. The molecule has 1 unspecified atom stereocenters. The van der Waals surface area contributed by atoms with Crippen molar-refractivity contribution in [2.75, 3.05) is 19.6 Å².